The summed E-state index contributed by atoms with van der Waals surface area (Å²) in [7, 11) is 0. The molecule has 88 valence electrons. The summed E-state index contributed by atoms with van der Waals surface area (Å²) in [5.74, 6) is 0.438. The minimum absolute atomic E-state index is 0.183. The molecule has 3 heteroatoms. The molecule has 0 saturated heterocycles. The highest BCUT2D eigenvalue weighted by Crippen LogP contribution is 2.43. The quantitative estimate of drug-likeness (QED) is 0.761. The van der Waals surface area contributed by atoms with E-state index in [2.05, 4.69) is 0 Å². The van der Waals surface area contributed by atoms with E-state index in [4.69, 9.17) is 15.6 Å². The topological polar surface area (TPSA) is 55.5 Å². The van der Waals surface area contributed by atoms with E-state index in [0.29, 0.717) is 19.1 Å². The molecule has 2 rings (SSSR count). The highest BCUT2D eigenvalue weighted by atomic mass is 16.5. The van der Waals surface area contributed by atoms with Gasteiger partial charge < -0.3 is 15.6 Å². The molecule has 1 aromatic rings. The Morgan fingerprint density at radius 1 is 1.38 bits per heavy atom. The van der Waals surface area contributed by atoms with Crippen LogP contribution in [0.15, 0.2) is 30.3 Å². The summed E-state index contributed by atoms with van der Waals surface area (Å²) < 4.78 is 5.62. The normalized spacial score (nSPS) is 28.0. The second-order valence-corrected chi connectivity index (χ2v) is 4.62. The van der Waals surface area contributed by atoms with E-state index in [0.717, 1.165) is 12.8 Å². The summed E-state index contributed by atoms with van der Waals surface area (Å²) in [5, 5.41) is 8.82. The molecular formula is C13H19NO2. The zero-order chi connectivity index (χ0) is 11.4. The Balaban J connectivity index is 1.70. The molecule has 0 aliphatic heterocycles. The molecule has 0 heterocycles. The molecule has 0 bridgehead atoms. The van der Waals surface area contributed by atoms with Crippen molar-refractivity contribution in [1.29, 1.82) is 0 Å². The Labute approximate surface area is 96.2 Å². The fourth-order valence-electron chi connectivity index (χ4n) is 2.06. The third-order valence-corrected chi connectivity index (χ3v) is 3.24. The molecule has 0 radical (unpaired) electrons. The molecular weight excluding hydrogens is 202 g/mol. The van der Waals surface area contributed by atoms with Gasteiger partial charge >= 0.3 is 0 Å². The second-order valence-electron chi connectivity index (χ2n) is 4.62. The lowest BCUT2D eigenvalue weighted by Gasteiger charge is -2.12. The second kappa shape index (κ2) is 4.95. The maximum Gasteiger partial charge on any atom is 0.0717 e. The molecule has 1 aromatic carbocycles. The molecule has 0 amide bonds. The van der Waals surface area contributed by atoms with Gasteiger partial charge in [0, 0.05) is 12.1 Å². The number of aliphatic hydroxyl groups is 1. The maximum absolute atomic E-state index is 8.82. The van der Waals surface area contributed by atoms with Crippen molar-refractivity contribution in [3.05, 3.63) is 35.9 Å². The van der Waals surface area contributed by atoms with Crippen LogP contribution < -0.4 is 5.73 Å². The van der Waals surface area contributed by atoms with Gasteiger partial charge in [0.25, 0.3) is 0 Å². The lowest BCUT2D eigenvalue weighted by Crippen LogP contribution is -2.31. The van der Waals surface area contributed by atoms with Crippen molar-refractivity contribution >= 4 is 0 Å². The van der Waals surface area contributed by atoms with E-state index in [-0.39, 0.29) is 12.1 Å². The van der Waals surface area contributed by atoms with Crippen LogP contribution in [0.4, 0.5) is 0 Å². The smallest absolute Gasteiger partial charge is 0.0717 e. The third kappa shape index (κ3) is 2.82. The van der Waals surface area contributed by atoms with Crippen LogP contribution in [0.25, 0.3) is 0 Å². The predicted octanol–water partition coefficient (Wildman–Crippen LogP) is 1.30. The predicted molar refractivity (Wildman–Crippen MR) is 62.8 cm³/mol. The van der Waals surface area contributed by atoms with E-state index in [1.54, 1.807) is 0 Å². The lowest BCUT2D eigenvalue weighted by molar-refractivity contribution is 0.0965. The van der Waals surface area contributed by atoms with E-state index in [1.165, 1.54) is 5.56 Å². The number of hydrogen-bond donors (Lipinski definition) is 2. The van der Waals surface area contributed by atoms with Crippen LogP contribution in [0, 0.1) is 5.92 Å². The van der Waals surface area contributed by atoms with Gasteiger partial charge in [-0.1, -0.05) is 30.3 Å². The van der Waals surface area contributed by atoms with E-state index in [9.17, 15) is 0 Å². The Morgan fingerprint density at radius 3 is 2.81 bits per heavy atom. The van der Waals surface area contributed by atoms with Crippen molar-refractivity contribution < 1.29 is 9.84 Å². The largest absolute Gasteiger partial charge is 0.396 e. The molecule has 0 aromatic heterocycles. The first kappa shape index (κ1) is 11.6. The Bertz CT molecular complexity index is 328. The van der Waals surface area contributed by atoms with Gasteiger partial charge in [0.15, 0.2) is 0 Å². The van der Waals surface area contributed by atoms with Gasteiger partial charge in [-0.3, -0.25) is 0 Å². The summed E-state index contributed by atoms with van der Waals surface area (Å²) in [4.78, 5) is 0. The van der Waals surface area contributed by atoms with Crippen molar-refractivity contribution in [2.45, 2.75) is 25.0 Å². The molecule has 3 nitrogen and oxygen atoms in total. The average molecular weight is 221 g/mol. The first-order chi connectivity index (χ1) is 7.74. The summed E-state index contributed by atoms with van der Waals surface area (Å²) in [6, 6.07) is 10.1. The van der Waals surface area contributed by atoms with Crippen LogP contribution in [0.1, 0.15) is 18.4 Å². The summed E-state index contributed by atoms with van der Waals surface area (Å²) in [6.07, 6.45) is 1.77. The number of aliphatic hydroxyl groups excluding tert-OH is 1. The first-order valence-electron chi connectivity index (χ1n) is 5.76. The van der Waals surface area contributed by atoms with Gasteiger partial charge in [0.2, 0.25) is 0 Å². The maximum atomic E-state index is 8.82. The van der Waals surface area contributed by atoms with Crippen molar-refractivity contribution in [3.8, 4) is 0 Å². The van der Waals surface area contributed by atoms with Crippen LogP contribution in [-0.4, -0.2) is 23.9 Å². The third-order valence-electron chi connectivity index (χ3n) is 3.24. The van der Waals surface area contributed by atoms with Crippen LogP contribution in [-0.2, 0) is 11.3 Å². The number of nitrogens with two attached hydrogens (primary N) is 1. The lowest BCUT2D eigenvalue weighted by atomic mass is 10.2. The molecule has 0 spiro atoms. The average Bonchev–Trinajstić information content (AvgIpc) is 2.91. The van der Waals surface area contributed by atoms with Crippen LogP contribution in [0.5, 0.6) is 0 Å². The molecule has 16 heavy (non-hydrogen) atoms. The van der Waals surface area contributed by atoms with Crippen molar-refractivity contribution in [2.24, 2.45) is 11.7 Å². The summed E-state index contributed by atoms with van der Waals surface area (Å²) in [5.41, 5.74) is 7.09. The van der Waals surface area contributed by atoms with Gasteiger partial charge in [-0.15, -0.1) is 0 Å². The first-order valence-corrected chi connectivity index (χ1v) is 5.76. The zero-order valence-corrected chi connectivity index (χ0v) is 9.43. The number of benzene rings is 1. The Hall–Kier alpha value is -0.900. The van der Waals surface area contributed by atoms with Gasteiger partial charge in [-0.25, -0.2) is 0 Å². The molecule has 1 aliphatic rings. The monoisotopic (exact) mass is 221 g/mol. The minimum Gasteiger partial charge on any atom is -0.396 e. The Morgan fingerprint density at radius 2 is 2.12 bits per heavy atom. The van der Waals surface area contributed by atoms with Gasteiger partial charge in [-0.05, 0) is 24.3 Å². The Kier molecular flexibility index (Phi) is 3.59. The van der Waals surface area contributed by atoms with E-state index < -0.39 is 0 Å². The van der Waals surface area contributed by atoms with Crippen LogP contribution >= 0.6 is 0 Å². The number of hydrogen-bond acceptors (Lipinski definition) is 3. The van der Waals surface area contributed by atoms with Crippen LogP contribution in [0.2, 0.25) is 0 Å². The molecule has 0 unspecified atom stereocenters. The SMILES string of the molecule is N[C@]1(COCc2ccccc2)C[C@H]1CCO. The summed E-state index contributed by atoms with van der Waals surface area (Å²) in [6.45, 7) is 1.43. The van der Waals surface area contributed by atoms with E-state index >= 15 is 0 Å². The highest BCUT2D eigenvalue weighted by molar-refractivity contribution is 5.14. The van der Waals surface area contributed by atoms with Gasteiger partial charge in [0.1, 0.15) is 0 Å². The molecule has 2 atom stereocenters. The standard InChI is InChI=1S/C13H19NO2/c14-13(8-12(13)6-7-15)10-16-9-11-4-2-1-3-5-11/h1-5,12,15H,6-10,14H2/t12-,13+/m1/s1. The van der Waals surface area contributed by atoms with Crippen molar-refractivity contribution in [1.82, 2.24) is 0 Å². The number of ether oxygens (including phenoxy) is 1. The molecule has 1 fully saturated rings. The van der Waals surface area contributed by atoms with E-state index in [1.807, 2.05) is 30.3 Å². The zero-order valence-electron chi connectivity index (χ0n) is 9.43. The van der Waals surface area contributed by atoms with Crippen LogP contribution in [0.3, 0.4) is 0 Å². The highest BCUT2D eigenvalue weighted by Gasteiger charge is 2.50. The van der Waals surface area contributed by atoms with Gasteiger partial charge in [0.05, 0.1) is 13.2 Å². The molecule has 1 saturated carbocycles. The van der Waals surface area contributed by atoms with Crippen molar-refractivity contribution in [3.63, 3.8) is 0 Å². The van der Waals surface area contributed by atoms with Gasteiger partial charge in [-0.2, -0.15) is 0 Å². The molecule has 3 N–H and O–H groups in total. The molecule has 1 aliphatic carbocycles. The van der Waals surface area contributed by atoms with Crippen molar-refractivity contribution in [2.75, 3.05) is 13.2 Å². The fourth-order valence-corrected chi connectivity index (χ4v) is 2.06. The summed E-state index contributed by atoms with van der Waals surface area (Å²) >= 11 is 0. The fraction of sp³-hybridized carbons (Fsp3) is 0.538. The minimum atomic E-state index is -0.183. The number of rotatable bonds is 6.